The van der Waals surface area contributed by atoms with Crippen LogP contribution in [0.5, 0.6) is 0 Å². The zero-order chi connectivity index (χ0) is 19.4. The number of esters is 1. The molecule has 26 heavy (non-hydrogen) atoms. The number of carbonyl (C=O) groups excluding carboxylic acids is 1. The molecule has 0 saturated heterocycles. The van der Waals surface area contributed by atoms with E-state index in [9.17, 15) is 15.0 Å². The van der Waals surface area contributed by atoms with Crippen molar-refractivity contribution in [2.75, 3.05) is 7.11 Å². The second-order valence-electron chi connectivity index (χ2n) is 6.91. The Bertz CT molecular complexity index is 553. The molecular formula is C22H34O4. The minimum absolute atomic E-state index is 0.252. The standard InChI is InChI=1S/C22H34O4/c1-4-5-6-10-17(2)19-12-8-7-11-18(19)15-16-21(24)20(23)13-9-14-22(25)26-3/h7-8,11-12,15-17,20-21,23-24H,4-6,9-10,13-14H2,1-3H3/b16-15+. The highest BCUT2D eigenvalue weighted by Crippen LogP contribution is 2.26. The fourth-order valence-corrected chi connectivity index (χ4v) is 3.03. The average Bonchev–Trinajstić information content (AvgIpc) is 2.66. The minimum Gasteiger partial charge on any atom is -0.469 e. The second kappa shape index (κ2) is 12.7. The molecule has 2 N–H and O–H groups in total. The lowest BCUT2D eigenvalue weighted by Gasteiger charge is -2.16. The normalized spacial score (nSPS) is 15.0. The Kier molecular flexibility index (Phi) is 10.9. The van der Waals surface area contributed by atoms with E-state index in [-0.39, 0.29) is 12.4 Å². The zero-order valence-electron chi connectivity index (χ0n) is 16.4. The van der Waals surface area contributed by atoms with Gasteiger partial charge in [-0.05, 0) is 36.3 Å². The number of benzene rings is 1. The summed E-state index contributed by atoms with van der Waals surface area (Å²) >= 11 is 0. The number of unbranched alkanes of at least 4 members (excludes halogenated alkanes) is 2. The highest BCUT2D eigenvalue weighted by Gasteiger charge is 2.14. The molecule has 146 valence electrons. The van der Waals surface area contributed by atoms with E-state index >= 15 is 0 Å². The van der Waals surface area contributed by atoms with Crippen LogP contribution >= 0.6 is 0 Å². The molecule has 4 nitrogen and oxygen atoms in total. The first-order valence-corrected chi connectivity index (χ1v) is 9.69. The van der Waals surface area contributed by atoms with Crippen molar-refractivity contribution < 1.29 is 19.7 Å². The third-order valence-corrected chi connectivity index (χ3v) is 4.74. The van der Waals surface area contributed by atoms with Crippen molar-refractivity contribution in [3.8, 4) is 0 Å². The maximum Gasteiger partial charge on any atom is 0.305 e. The van der Waals surface area contributed by atoms with Crippen LogP contribution < -0.4 is 0 Å². The van der Waals surface area contributed by atoms with Crippen molar-refractivity contribution in [3.05, 3.63) is 41.5 Å². The summed E-state index contributed by atoms with van der Waals surface area (Å²) in [5.74, 6) is 0.165. The number of rotatable bonds is 12. The smallest absolute Gasteiger partial charge is 0.305 e. The molecule has 0 aliphatic heterocycles. The summed E-state index contributed by atoms with van der Waals surface area (Å²) in [5.41, 5.74) is 2.35. The van der Waals surface area contributed by atoms with Crippen LogP contribution in [0.2, 0.25) is 0 Å². The molecular weight excluding hydrogens is 328 g/mol. The van der Waals surface area contributed by atoms with E-state index in [2.05, 4.69) is 24.7 Å². The molecule has 0 amide bonds. The van der Waals surface area contributed by atoms with Crippen LogP contribution in [0.3, 0.4) is 0 Å². The molecule has 3 unspecified atom stereocenters. The Morgan fingerprint density at radius 2 is 1.88 bits per heavy atom. The van der Waals surface area contributed by atoms with Crippen LogP contribution in [0.1, 0.15) is 75.8 Å². The Morgan fingerprint density at radius 1 is 1.15 bits per heavy atom. The quantitative estimate of drug-likeness (QED) is 0.426. The lowest BCUT2D eigenvalue weighted by atomic mass is 9.91. The van der Waals surface area contributed by atoms with Gasteiger partial charge in [-0.15, -0.1) is 0 Å². The lowest BCUT2D eigenvalue weighted by Crippen LogP contribution is -2.23. The fourth-order valence-electron chi connectivity index (χ4n) is 3.03. The van der Waals surface area contributed by atoms with Gasteiger partial charge in [0.15, 0.2) is 0 Å². The maximum atomic E-state index is 11.1. The number of methoxy groups -OCH3 is 1. The summed E-state index contributed by atoms with van der Waals surface area (Å²) in [6.07, 6.45) is 7.63. The van der Waals surface area contributed by atoms with Gasteiger partial charge in [-0.1, -0.05) is 69.5 Å². The molecule has 0 fully saturated rings. The number of ether oxygens (including phenoxy) is 1. The topological polar surface area (TPSA) is 66.8 Å². The summed E-state index contributed by atoms with van der Waals surface area (Å²) in [7, 11) is 1.34. The maximum absolute atomic E-state index is 11.1. The van der Waals surface area contributed by atoms with Crippen molar-refractivity contribution in [2.45, 2.75) is 76.9 Å². The lowest BCUT2D eigenvalue weighted by molar-refractivity contribution is -0.140. The van der Waals surface area contributed by atoms with Crippen molar-refractivity contribution >= 4 is 12.0 Å². The van der Waals surface area contributed by atoms with Gasteiger partial charge in [-0.3, -0.25) is 4.79 Å². The fraction of sp³-hybridized carbons (Fsp3) is 0.591. The third kappa shape index (κ3) is 8.15. The van der Waals surface area contributed by atoms with Gasteiger partial charge in [0.2, 0.25) is 0 Å². The summed E-state index contributed by atoms with van der Waals surface area (Å²) in [6.45, 7) is 4.44. The van der Waals surface area contributed by atoms with Crippen LogP contribution in [0, 0.1) is 0 Å². The molecule has 1 rings (SSSR count). The first-order chi connectivity index (χ1) is 12.5. The van der Waals surface area contributed by atoms with E-state index in [1.165, 1.54) is 31.9 Å². The molecule has 0 aliphatic rings. The van der Waals surface area contributed by atoms with Crippen LogP contribution in [0.15, 0.2) is 30.3 Å². The van der Waals surface area contributed by atoms with E-state index in [0.29, 0.717) is 18.8 Å². The molecule has 0 aliphatic carbocycles. The van der Waals surface area contributed by atoms with Crippen molar-refractivity contribution in [1.82, 2.24) is 0 Å². The molecule has 0 heterocycles. The Morgan fingerprint density at radius 3 is 2.58 bits per heavy atom. The second-order valence-corrected chi connectivity index (χ2v) is 6.91. The Labute approximate surface area is 157 Å². The van der Waals surface area contributed by atoms with E-state index in [0.717, 1.165) is 12.0 Å². The molecule has 0 saturated carbocycles. The zero-order valence-corrected chi connectivity index (χ0v) is 16.4. The van der Waals surface area contributed by atoms with Crippen LogP contribution in [0.4, 0.5) is 0 Å². The number of hydrogen-bond donors (Lipinski definition) is 2. The number of carbonyl (C=O) groups is 1. The van der Waals surface area contributed by atoms with Crippen molar-refractivity contribution in [1.29, 1.82) is 0 Å². The van der Waals surface area contributed by atoms with Gasteiger partial charge in [0.1, 0.15) is 0 Å². The van der Waals surface area contributed by atoms with Gasteiger partial charge in [-0.2, -0.15) is 0 Å². The molecule has 1 aromatic carbocycles. The van der Waals surface area contributed by atoms with E-state index in [1.54, 1.807) is 6.08 Å². The first kappa shape index (κ1) is 22.4. The highest BCUT2D eigenvalue weighted by atomic mass is 16.5. The summed E-state index contributed by atoms with van der Waals surface area (Å²) in [5, 5.41) is 20.2. The number of hydrogen-bond acceptors (Lipinski definition) is 4. The number of aliphatic hydroxyl groups is 2. The third-order valence-electron chi connectivity index (χ3n) is 4.74. The van der Waals surface area contributed by atoms with Crippen LogP contribution in [0.25, 0.3) is 6.08 Å². The minimum atomic E-state index is -0.948. The van der Waals surface area contributed by atoms with Gasteiger partial charge in [0, 0.05) is 6.42 Å². The predicted molar refractivity (Wildman–Crippen MR) is 106 cm³/mol. The first-order valence-electron chi connectivity index (χ1n) is 9.69. The molecule has 0 spiro atoms. The van der Waals surface area contributed by atoms with E-state index < -0.39 is 12.2 Å². The molecule has 0 bridgehead atoms. The van der Waals surface area contributed by atoms with Gasteiger partial charge in [0.05, 0.1) is 19.3 Å². The molecule has 1 aromatic rings. The van der Waals surface area contributed by atoms with Gasteiger partial charge in [-0.25, -0.2) is 0 Å². The summed E-state index contributed by atoms with van der Waals surface area (Å²) in [6, 6.07) is 8.20. The molecule has 0 radical (unpaired) electrons. The predicted octanol–water partition coefficient (Wildman–Crippen LogP) is 4.45. The number of aliphatic hydroxyl groups excluding tert-OH is 2. The Hall–Kier alpha value is -1.65. The van der Waals surface area contributed by atoms with Gasteiger partial charge in [0.25, 0.3) is 0 Å². The van der Waals surface area contributed by atoms with Crippen LogP contribution in [-0.2, 0) is 9.53 Å². The van der Waals surface area contributed by atoms with Gasteiger partial charge >= 0.3 is 5.97 Å². The molecule has 4 heteroatoms. The van der Waals surface area contributed by atoms with Gasteiger partial charge < -0.3 is 14.9 Å². The van der Waals surface area contributed by atoms with E-state index in [4.69, 9.17) is 0 Å². The monoisotopic (exact) mass is 362 g/mol. The summed E-state index contributed by atoms with van der Waals surface area (Å²) in [4.78, 5) is 11.1. The molecule has 3 atom stereocenters. The average molecular weight is 363 g/mol. The largest absolute Gasteiger partial charge is 0.469 e. The highest BCUT2D eigenvalue weighted by molar-refractivity contribution is 5.69. The van der Waals surface area contributed by atoms with Crippen molar-refractivity contribution in [3.63, 3.8) is 0 Å². The Balaban J connectivity index is 2.62. The van der Waals surface area contributed by atoms with E-state index in [1.807, 2.05) is 24.3 Å². The molecule has 0 aromatic heterocycles. The SMILES string of the molecule is CCCCCC(C)c1ccccc1/C=C/C(O)C(O)CCCC(=O)OC. The van der Waals surface area contributed by atoms with Crippen LogP contribution in [-0.4, -0.2) is 35.5 Å². The van der Waals surface area contributed by atoms with Crippen molar-refractivity contribution in [2.24, 2.45) is 0 Å². The summed E-state index contributed by atoms with van der Waals surface area (Å²) < 4.78 is 4.57.